The molecule has 2 N–H and O–H groups in total. The molecule has 0 aromatic carbocycles. The Labute approximate surface area is 62.2 Å². The van der Waals surface area contributed by atoms with Gasteiger partial charge >= 0.3 is 0 Å². The van der Waals surface area contributed by atoms with Crippen molar-refractivity contribution in [3.8, 4) is 0 Å². The predicted molar refractivity (Wildman–Crippen MR) is 40.6 cm³/mol. The Morgan fingerprint density at radius 2 is 1.90 bits per heavy atom. The van der Waals surface area contributed by atoms with Crippen LogP contribution in [0.3, 0.4) is 0 Å². The summed E-state index contributed by atoms with van der Waals surface area (Å²) in [6, 6.07) is 0. The Kier molecular flexibility index (Phi) is 1.71. The summed E-state index contributed by atoms with van der Waals surface area (Å²) < 4.78 is 0. The topological polar surface area (TPSA) is 40.5 Å². The fourth-order valence-corrected chi connectivity index (χ4v) is 3.63. The van der Waals surface area contributed by atoms with Crippen LogP contribution >= 0.6 is 8.38 Å². The molecule has 2 saturated carbocycles. The highest BCUT2D eigenvalue weighted by Crippen LogP contribution is 2.55. The summed E-state index contributed by atoms with van der Waals surface area (Å²) in [5.41, 5.74) is 0.272. The molecule has 0 aliphatic heterocycles. The van der Waals surface area contributed by atoms with E-state index in [1.807, 2.05) is 0 Å². The minimum atomic E-state index is -1.62. The maximum absolute atomic E-state index is 8.99. The average Bonchev–Trinajstić information content (AvgIpc) is 2.44. The number of rotatable bonds is 1. The van der Waals surface area contributed by atoms with E-state index >= 15 is 0 Å². The van der Waals surface area contributed by atoms with Crippen molar-refractivity contribution in [2.24, 2.45) is 11.8 Å². The third-order valence-electron chi connectivity index (χ3n) is 3.00. The molecule has 2 rings (SSSR count). The SMILES string of the molecule is OP(O)C1C[C@@H]2CC[C@H]1C2. The smallest absolute Gasteiger partial charge is 0.168 e. The van der Waals surface area contributed by atoms with Crippen molar-refractivity contribution in [1.82, 2.24) is 0 Å². The zero-order chi connectivity index (χ0) is 7.14. The van der Waals surface area contributed by atoms with E-state index in [4.69, 9.17) is 9.79 Å². The molecule has 0 spiro atoms. The number of fused-ring (bicyclic) bond motifs is 2. The van der Waals surface area contributed by atoms with Gasteiger partial charge < -0.3 is 9.79 Å². The summed E-state index contributed by atoms with van der Waals surface area (Å²) in [7, 11) is -1.62. The molecular formula is C7H13O2P. The van der Waals surface area contributed by atoms with Gasteiger partial charge in [-0.2, -0.15) is 0 Å². The molecule has 0 amide bonds. The van der Waals surface area contributed by atoms with Gasteiger partial charge in [-0.25, -0.2) is 0 Å². The second-order valence-corrected chi connectivity index (χ2v) is 4.87. The van der Waals surface area contributed by atoms with Gasteiger partial charge in [0.1, 0.15) is 0 Å². The van der Waals surface area contributed by atoms with Crippen molar-refractivity contribution in [3.05, 3.63) is 0 Å². The number of hydrogen-bond acceptors (Lipinski definition) is 2. The van der Waals surface area contributed by atoms with E-state index in [1.165, 1.54) is 19.3 Å². The molecule has 0 saturated heterocycles. The van der Waals surface area contributed by atoms with Gasteiger partial charge in [-0.1, -0.05) is 6.42 Å². The van der Waals surface area contributed by atoms with Crippen molar-refractivity contribution in [2.45, 2.75) is 31.3 Å². The second-order valence-electron chi connectivity index (χ2n) is 3.56. The van der Waals surface area contributed by atoms with Crippen LogP contribution in [-0.4, -0.2) is 15.4 Å². The summed E-state index contributed by atoms with van der Waals surface area (Å²) in [5.74, 6) is 1.49. The van der Waals surface area contributed by atoms with Crippen LogP contribution in [0.15, 0.2) is 0 Å². The zero-order valence-corrected chi connectivity index (χ0v) is 6.80. The highest BCUT2D eigenvalue weighted by Gasteiger charge is 2.42. The number of hydrogen-bond donors (Lipinski definition) is 2. The van der Waals surface area contributed by atoms with Crippen LogP contribution in [0, 0.1) is 11.8 Å². The fraction of sp³-hybridized carbons (Fsp3) is 1.00. The van der Waals surface area contributed by atoms with Gasteiger partial charge in [0.25, 0.3) is 0 Å². The first-order valence-corrected chi connectivity index (χ1v) is 5.26. The lowest BCUT2D eigenvalue weighted by Crippen LogP contribution is -2.13. The van der Waals surface area contributed by atoms with Crippen LogP contribution in [-0.2, 0) is 0 Å². The first-order valence-electron chi connectivity index (χ1n) is 3.94. The Balaban J connectivity index is 2.02. The molecule has 0 aromatic heterocycles. The van der Waals surface area contributed by atoms with Crippen molar-refractivity contribution in [3.63, 3.8) is 0 Å². The van der Waals surface area contributed by atoms with Crippen LogP contribution in [0.25, 0.3) is 0 Å². The molecule has 2 fully saturated rings. The molecule has 10 heavy (non-hydrogen) atoms. The lowest BCUT2D eigenvalue weighted by molar-refractivity contribution is 0.408. The quantitative estimate of drug-likeness (QED) is 0.570. The second kappa shape index (κ2) is 2.44. The molecule has 0 radical (unpaired) electrons. The van der Waals surface area contributed by atoms with Crippen LogP contribution in [0.1, 0.15) is 25.7 Å². The minimum absolute atomic E-state index is 0.272. The zero-order valence-electron chi connectivity index (χ0n) is 5.90. The molecule has 3 heteroatoms. The van der Waals surface area contributed by atoms with E-state index in [1.54, 1.807) is 0 Å². The van der Waals surface area contributed by atoms with E-state index in [9.17, 15) is 0 Å². The predicted octanol–water partition coefficient (Wildman–Crippen LogP) is 1.47. The van der Waals surface area contributed by atoms with E-state index in [0.717, 1.165) is 12.3 Å². The first kappa shape index (κ1) is 7.02. The summed E-state index contributed by atoms with van der Waals surface area (Å²) in [6.45, 7) is 0. The summed E-state index contributed by atoms with van der Waals surface area (Å²) in [5, 5.41) is 0. The third-order valence-corrected chi connectivity index (χ3v) is 4.22. The van der Waals surface area contributed by atoms with Gasteiger partial charge in [0.2, 0.25) is 0 Å². The molecule has 3 atom stereocenters. The van der Waals surface area contributed by atoms with Gasteiger partial charge in [0, 0.05) is 5.66 Å². The van der Waals surface area contributed by atoms with Crippen LogP contribution in [0.2, 0.25) is 0 Å². The summed E-state index contributed by atoms with van der Waals surface area (Å²) in [4.78, 5) is 18.0. The molecule has 1 unspecified atom stereocenters. The van der Waals surface area contributed by atoms with Gasteiger partial charge in [0.15, 0.2) is 8.38 Å². The van der Waals surface area contributed by atoms with E-state index in [-0.39, 0.29) is 5.66 Å². The Morgan fingerprint density at radius 1 is 1.10 bits per heavy atom. The summed E-state index contributed by atoms with van der Waals surface area (Å²) in [6.07, 6.45) is 4.94. The average molecular weight is 160 g/mol. The van der Waals surface area contributed by atoms with E-state index < -0.39 is 8.38 Å². The van der Waals surface area contributed by atoms with Gasteiger partial charge in [-0.05, 0) is 31.1 Å². The largest absolute Gasteiger partial charge is 0.350 e. The molecule has 2 aliphatic carbocycles. The first-order chi connectivity index (χ1) is 4.77. The molecule has 2 nitrogen and oxygen atoms in total. The third kappa shape index (κ3) is 0.990. The van der Waals surface area contributed by atoms with Gasteiger partial charge in [-0.3, -0.25) is 0 Å². The van der Waals surface area contributed by atoms with Crippen molar-refractivity contribution < 1.29 is 9.79 Å². The van der Waals surface area contributed by atoms with Crippen molar-refractivity contribution in [2.75, 3.05) is 0 Å². The Morgan fingerprint density at radius 3 is 2.20 bits per heavy atom. The van der Waals surface area contributed by atoms with Crippen LogP contribution in [0.5, 0.6) is 0 Å². The molecular weight excluding hydrogens is 147 g/mol. The van der Waals surface area contributed by atoms with Crippen LogP contribution < -0.4 is 0 Å². The summed E-state index contributed by atoms with van der Waals surface area (Å²) >= 11 is 0. The highest BCUT2D eigenvalue weighted by molar-refractivity contribution is 7.46. The maximum atomic E-state index is 8.99. The lowest BCUT2D eigenvalue weighted by atomic mass is 10.0. The normalized spacial score (nSPS) is 45.3. The Bertz CT molecular complexity index is 138. The minimum Gasteiger partial charge on any atom is -0.350 e. The molecule has 58 valence electrons. The van der Waals surface area contributed by atoms with E-state index in [2.05, 4.69) is 0 Å². The lowest BCUT2D eigenvalue weighted by Gasteiger charge is -2.21. The molecule has 2 aliphatic rings. The monoisotopic (exact) mass is 160 g/mol. The van der Waals surface area contributed by atoms with Gasteiger partial charge in [-0.15, -0.1) is 0 Å². The maximum Gasteiger partial charge on any atom is 0.168 e. The highest BCUT2D eigenvalue weighted by atomic mass is 31.2. The van der Waals surface area contributed by atoms with Crippen molar-refractivity contribution >= 4 is 8.38 Å². The molecule has 0 heterocycles. The Hall–Kier alpha value is 0.350. The van der Waals surface area contributed by atoms with Crippen molar-refractivity contribution in [1.29, 1.82) is 0 Å². The fourth-order valence-electron chi connectivity index (χ4n) is 2.49. The molecule has 0 aromatic rings. The van der Waals surface area contributed by atoms with E-state index in [0.29, 0.717) is 5.92 Å². The van der Waals surface area contributed by atoms with Gasteiger partial charge in [0.05, 0.1) is 0 Å². The molecule has 2 bridgehead atoms. The standard InChI is InChI=1S/C7H13O2P/c8-10(9)7-4-5-1-2-6(7)3-5/h5-9H,1-4H2/t5-,6+,7?/m1/s1. The van der Waals surface area contributed by atoms with Crippen LogP contribution in [0.4, 0.5) is 0 Å².